The first-order valence-electron chi connectivity index (χ1n) is 7.09. The first-order valence-corrected chi connectivity index (χ1v) is 7.09. The van der Waals surface area contributed by atoms with Crippen LogP contribution in [0.4, 0.5) is 5.69 Å². The van der Waals surface area contributed by atoms with Crippen molar-refractivity contribution < 1.29 is 24.0 Å². The minimum absolute atomic E-state index is 0.127. The molecule has 2 rings (SSSR count). The highest BCUT2D eigenvalue weighted by Crippen LogP contribution is 2.32. The lowest BCUT2D eigenvalue weighted by atomic mass is 9.83. The lowest BCUT2D eigenvalue weighted by Crippen LogP contribution is -2.53. The lowest BCUT2D eigenvalue weighted by molar-refractivity contribution is -0.384. The molecule has 0 saturated carbocycles. The van der Waals surface area contributed by atoms with Gasteiger partial charge in [0.15, 0.2) is 11.4 Å². The Kier molecular flexibility index (Phi) is 4.90. The van der Waals surface area contributed by atoms with Crippen molar-refractivity contribution in [3.63, 3.8) is 0 Å². The van der Waals surface area contributed by atoms with Crippen LogP contribution in [0.3, 0.4) is 0 Å². The van der Waals surface area contributed by atoms with Crippen LogP contribution in [0.25, 0.3) is 0 Å². The van der Waals surface area contributed by atoms with Crippen molar-refractivity contribution in [2.45, 2.75) is 31.5 Å². The molecule has 0 saturated heterocycles. The number of methoxy groups -OCH3 is 1. The minimum Gasteiger partial charge on any atom is -0.444 e. The van der Waals surface area contributed by atoms with E-state index in [0.29, 0.717) is 12.8 Å². The van der Waals surface area contributed by atoms with E-state index in [4.69, 9.17) is 9.47 Å². The zero-order valence-corrected chi connectivity index (χ0v) is 12.9. The highest BCUT2D eigenvalue weighted by atomic mass is 16.6. The topological polar surface area (TPSA) is 95.7 Å². The van der Waals surface area contributed by atoms with Crippen LogP contribution in [-0.2, 0) is 14.3 Å². The molecule has 1 aliphatic rings. The average Bonchev–Trinajstić information content (AvgIpc) is 2.55. The van der Waals surface area contributed by atoms with Gasteiger partial charge in [0.1, 0.15) is 6.10 Å². The van der Waals surface area contributed by atoms with E-state index in [1.807, 2.05) is 6.08 Å². The van der Waals surface area contributed by atoms with Crippen LogP contribution >= 0.6 is 0 Å². The largest absolute Gasteiger partial charge is 0.444 e. The lowest BCUT2D eigenvalue weighted by Gasteiger charge is -2.37. The molecule has 122 valence electrons. The van der Waals surface area contributed by atoms with E-state index in [-0.39, 0.29) is 17.0 Å². The number of hydrogen-bond acceptors (Lipinski definition) is 6. The molecule has 1 aromatic rings. The molecule has 7 nitrogen and oxygen atoms in total. The predicted molar refractivity (Wildman–Crippen MR) is 81.1 cm³/mol. The summed E-state index contributed by atoms with van der Waals surface area (Å²) in [5, 5.41) is 10.6. The van der Waals surface area contributed by atoms with Crippen molar-refractivity contribution in [1.29, 1.82) is 0 Å². The number of non-ortho nitro benzene ring substituents is 1. The number of ketones is 1. The Morgan fingerprint density at radius 3 is 2.48 bits per heavy atom. The quantitative estimate of drug-likeness (QED) is 0.358. The Hall–Kier alpha value is -2.54. The van der Waals surface area contributed by atoms with Crippen molar-refractivity contribution in [1.82, 2.24) is 0 Å². The van der Waals surface area contributed by atoms with Gasteiger partial charge in [0.25, 0.3) is 5.69 Å². The fraction of sp³-hybridized carbons (Fsp3) is 0.375. The van der Waals surface area contributed by atoms with Crippen LogP contribution < -0.4 is 0 Å². The summed E-state index contributed by atoms with van der Waals surface area (Å²) >= 11 is 0. The van der Waals surface area contributed by atoms with Crippen molar-refractivity contribution >= 4 is 17.4 Å². The standard InChI is InChI=1S/C16H17NO6/c1-11(18)16(10-4-3-5-14(16)22-2)23-15(19)12-6-8-13(9-7-12)17(20)21/h3,5-9,14H,4,10H2,1-2H3/t14-,16-/m0/s1. The molecule has 23 heavy (non-hydrogen) atoms. The van der Waals surface area contributed by atoms with Gasteiger partial charge < -0.3 is 9.47 Å². The number of benzene rings is 1. The monoisotopic (exact) mass is 319 g/mol. The summed E-state index contributed by atoms with van der Waals surface area (Å²) in [6, 6.07) is 5.03. The summed E-state index contributed by atoms with van der Waals surface area (Å²) in [6.45, 7) is 1.36. The van der Waals surface area contributed by atoms with Gasteiger partial charge in [0, 0.05) is 25.7 Å². The molecule has 1 aromatic carbocycles. The van der Waals surface area contributed by atoms with Crippen LogP contribution in [0.1, 0.15) is 30.1 Å². The van der Waals surface area contributed by atoms with E-state index in [9.17, 15) is 19.7 Å². The zero-order chi connectivity index (χ0) is 17.0. The maximum Gasteiger partial charge on any atom is 0.339 e. The molecule has 2 atom stereocenters. The molecule has 0 fully saturated rings. The predicted octanol–water partition coefficient (Wildman–Crippen LogP) is 2.44. The van der Waals surface area contributed by atoms with E-state index < -0.39 is 22.6 Å². The van der Waals surface area contributed by atoms with Crippen LogP contribution in [0.15, 0.2) is 36.4 Å². The minimum atomic E-state index is -1.37. The highest BCUT2D eigenvalue weighted by molar-refractivity contribution is 5.94. The van der Waals surface area contributed by atoms with Gasteiger partial charge in [0.2, 0.25) is 0 Å². The molecular formula is C16H17NO6. The van der Waals surface area contributed by atoms with Gasteiger partial charge in [-0.1, -0.05) is 12.2 Å². The SMILES string of the molecule is CO[C@H]1C=CCC[C@]1(OC(=O)c1ccc([N+](=O)[O-])cc1)C(C)=O. The van der Waals surface area contributed by atoms with Gasteiger partial charge in [-0.25, -0.2) is 4.79 Å². The Labute approximate surface area is 133 Å². The second kappa shape index (κ2) is 6.70. The maximum atomic E-state index is 12.3. The van der Waals surface area contributed by atoms with Crippen molar-refractivity contribution in [3.05, 3.63) is 52.1 Å². The van der Waals surface area contributed by atoms with E-state index in [2.05, 4.69) is 0 Å². The van der Waals surface area contributed by atoms with Crippen molar-refractivity contribution in [2.75, 3.05) is 7.11 Å². The Morgan fingerprint density at radius 1 is 1.30 bits per heavy atom. The number of nitro groups is 1. The number of hydrogen-bond donors (Lipinski definition) is 0. The normalized spacial score (nSPS) is 23.3. The number of carbonyl (C=O) groups is 2. The molecular weight excluding hydrogens is 302 g/mol. The van der Waals surface area contributed by atoms with Crippen molar-refractivity contribution in [3.8, 4) is 0 Å². The summed E-state index contributed by atoms with van der Waals surface area (Å²) in [5.74, 6) is -1.02. The second-order valence-electron chi connectivity index (χ2n) is 5.26. The van der Waals surface area contributed by atoms with Crippen LogP contribution in [0.2, 0.25) is 0 Å². The number of rotatable bonds is 5. The third-order valence-electron chi connectivity index (χ3n) is 3.89. The molecule has 0 radical (unpaired) electrons. The number of allylic oxidation sites excluding steroid dienone is 1. The third-order valence-corrected chi connectivity index (χ3v) is 3.89. The molecule has 0 amide bonds. The van der Waals surface area contributed by atoms with Gasteiger partial charge in [-0.05, 0) is 25.5 Å². The van der Waals surface area contributed by atoms with Gasteiger partial charge in [-0.3, -0.25) is 14.9 Å². The number of nitrogens with zero attached hydrogens (tertiary/aromatic N) is 1. The fourth-order valence-electron chi connectivity index (χ4n) is 2.59. The van der Waals surface area contributed by atoms with E-state index >= 15 is 0 Å². The summed E-state index contributed by atoms with van der Waals surface area (Å²) < 4.78 is 10.8. The van der Waals surface area contributed by atoms with E-state index in [0.717, 1.165) is 0 Å². The number of nitro benzene ring substituents is 1. The molecule has 0 aliphatic heterocycles. The second-order valence-corrected chi connectivity index (χ2v) is 5.26. The van der Waals surface area contributed by atoms with Crippen LogP contribution in [-0.4, -0.2) is 35.5 Å². The third kappa shape index (κ3) is 3.29. The van der Waals surface area contributed by atoms with Crippen molar-refractivity contribution in [2.24, 2.45) is 0 Å². The Bertz CT molecular complexity index is 651. The Morgan fingerprint density at radius 2 is 1.96 bits per heavy atom. The van der Waals surface area contributed by atoms with Gasteiger partial charge in [-0.2, -0.15) is 0 Å². The van der Waals surface area contributed by atoms with Crippen LogP contribution in [0.5, 0.6) is 0 Å². The van der Waals surface area contributed by atoms with Gasteiger partial charge >= 0.3 is 5.97 Å². The summed E-state index contributed by atoms with van der Waals surface area (Å²) in [4.78, 5) is 34.5. The maximum absolute atomic E-state index is 12.3. The molecule has 1 aliphatic carbocycles. The fourth-order valence-corrected chi connectivity index (χ4v) is 2.59. The molecule has 0 N–H and O–H groups in total. The number of carbonyl (C=O) groups excluding carboxylic acids is 2. The molecule has 7 heteroatoms. The smallest absolute Gasteiger partial charge is 0.339 e. The van der Waals surface area contributed by atoms with Gasteiger partial charge in [0.05, 0.1) is 10.5 Å². The molecule has 0 bridgehead atoms. The van der Waals surface area contributed by atoms with E-state index in [1.54, 1.807) is 6.08 Å². The molecule has 0 unspecified atom stereocenters. The highest BCUT2D eigenvalue weighted by Gasteiger charge is 2.47. The average molecular weight is 319 g/mol. The molecule has 0 spiro atoms. The number of Topliss-reactive ketones (excluding diaryl/α,β-unsaturated/α-hetero) is 1. The Balaban J connectivity index is 2.26. The van der Waals surface area contributed by atoms with Gasteiger partial charge in [-0.15, -0.1) is 0 Å². The van der Waals surface area contributed by atoms with E-state index in [1.165, 1.54) is 38.3 Å². The summed E-state index contributed by atoms with van der Waals surface area (Å²) in [6.07, 6.45) is 3.84. The van der Waals surface area contributed by atoms with Crippen LogP contribution in [0, 0.1) is 10.1 Å². The summed E-state index contributed by atoms with van der Waals surface area (Å²) in [7, 11) is 1.44. The molecule has 0 aromatic heterocycles. The number of ether oxygens (including phenoxy) is 2. The summed E-state index contributed by atoms with van der Waals surface area (Å²) in [5.41, 5.74) is -1.36. The zero-order valence-electron chi connectivity index (χ0n) is 12.9. The first kappa shape index (κ1) is 16.8. The molecule has 0 heterocycles. The number of esters is 1. The first-order chi connectivity index (χ1) is 10.9.